The number of ketones is 1. The number of hydrogen-bond acceptors (Lipinski definition) is 5. The fourth-order valence-electron chi connectivity index (χ4n) is 2.31. The fourth-order valence-corrected chi connectivity index (χ4v) is 3.10. The molecule has 1 aromatic heterocycles. The van der Waals surface area contributed by atoms with Crippen molar-refractivity contribution in [2.45, 2.75) is 20.0 Å². The molecule has 0 saturated carbocycles. The maximum atomic E-state index is 12.4. The summed E-state index contributed by atoms with van der Waals surface area (Å²) in [4.78, 5) is 28.9. The molecule has 0 aliphatic carbocycles. The van der Waals surface area contributed by atoms with Crippen LogP contribution < -0.4 is 0 Å². The van der Waals surface area contributed by atoms with Gasteiger partial charge in [0.2, 0.25) is 5.78 Å². The van der Waals surface area contributed by atoms with E-state index in [1.807, 2.05) is 49.4 Å². The number of thiazole rings is 1. The van der Waals surface area contributed by atoms with E-state index in [0.717, 1.165) is 16.1 Å². The van der Waals surface area contributed by atoms with Crippen LogP contribution in [-0.2, 0) is 4.74 Å². The first-order valence-corrected chi connectivity index (χ1v) is 8.75. The molecule has 3 rings (SSSR count). The van der Waals surface area contributed by atoms with Crippen molar-refractivity contribution in [2.24, 2.45) is 0 Å². The topological polar surface area (TPSA) is 56.3 Å². The van der Waals surface area contributed by atoms with Crippen LogP contribution in [0.1, 0.15) is 33.3 Å². The van der Waals surface area contributed by atoms with Gasteiger partial charge in [-0.15, -0.1) is 11.3 Å². The van der Waals surface area contributed by atoms with Gasteiger partial charge in [-0.2, -0.15) is 0 Å². The zero-order chi connectivity index (χ0) is 17.8. The van der Waals surface area contributed by atoms with Crippen LogP contribution in [0.2, 0.25) is 0 Å². The summed E-state index contributed by atoms with van der Waals surface area (Å²) < 4.78 is 5.29. The van der Waals surface area contributed by atoms with Crippen molar-refractivity contribution in [3.8, 4) is 10.6 Å². The van der Waals surface area contributed by atoms with E-state index in [1.165, 1.54) is 11.3 Å². The minimum Gasteiger partial charge on any atom is -0.450 e. The van der Waals surface area contributed by atoms with Gasteiger partial charge in [0, 0.05) is 16.5 Å². The van der Waals surface area contributed by atoms with E-state index < -0.39 is 12.1 Å². The van der Waals surface area contributed by atoms with Crippen molar-refractivity contribution in [1.29, 1.82) is 0 Å². The van der Waals surface area contributed by atoms with Crippen LogP contribution in [0, 0.1) is 6.92 Å². The first-order valence-electron chi connectivity index (χ1n) is 7.87. The van der Waals surface area contributed by atoms with Crippen molar-refractivity contribution < 1.29 is 14.3 Å². The number of aryl methyl sites for hydroxylation is 1. The first kappa shape index (κ1) is 17.0. The molecule has 1 atom stereocenters. The summed E-state index contributed by atoms with van der Waals surface area (Å²) in [5, 5.41) is 2.39. The van der Waals surface area contributed by atoms with Gasteiger partial charge in [-0.05, 0) is 13.8 Å². The van der Waals surface area contributed by atoms with Gasteiger partial charge in [0.05, 0.1) is 0 Å². The van der Waals surface area contributed by atoms with E-state index in [9.17, 15) is 9.59 Å². The molecule has 0 aliphatic heterocycles. The number of aromatic nitrogens is 1. The summed E-state index contributed by atoms with van der Waals surface area (Å²) in [6.45, 7) is 3.52. The summed E-state index contributed by atoms with van der Waals surface area (Å²) in [5.41, 5.74) is 2.74. The lowest BCUT2D eigenvalue weighted by Crippen LogP contribution is -2.24. The van der Waals surface area contributed by atoms with E-state index in [1.54, 1.807) is 24.4 Å². The molecule has 0 unspecified atom stereocenters. The lowest BCUT2D eigenvalue weighted by atomic mass is 10.1. The molecule has 0 spiro atoms. The molecule has 25 heavy (non-hydrogen) atoms. The third-order valence-electron chi connectivity index (χ3n) is 3.72. The molecule has 1 heterocycles. The highest BCUT2D eigenvalue weighted by molar-refractivity contribution is 7.13. The van der Waals surface area contributed by atoms with Crippen molar-refractivity contribution in [3.05, 3.63) is 76.8 Å². The Hall–Kier alpha value is -2.79. The third-order valence-corrected chi connectivity index (χ3v) is 4.61. The molecule has 0 bridgehead atoms. The van der Waals surface area contributed by atoms with Gasteiger partial charge in [-0.1, -0.05) is 60.2 Å². The molecule has 5 heteroatoms. The molecule has 0 N–H and O–H groups in total. The highest BCUT2D eigenvalue weighted by atomic mass is 32.1. The number of ether oxygens (including phenoxy) is 1. The lowest BCUT2D eigenvalue weighted by Gasteiger charge is -2.11. The Morgan fingerprint density at radius 1 is 1.04 bits per heavy atom. The summed E-state index contributed by atoms with van der Waals surface area (Å²) in [6, 6.07) is 16.8. The molecular weight excluding hydrogens is 334 g/mol. The predicted molar refractivity (Wildman–Crippen MR) is 97.9 cm³/mol. The molecule has 0 amide bonds. The monoisotopic (exact) mass is 351 g/mol. The normalized spacial score (nSPS) is 11.8. The van der Waals surface area contributed by atoms with E-state index in [0.29, 0.717) is 5.56 Å². The van der Waals surface area contributed by atoms with Crippen LogP contribution in [-0.4, -0.2) is 22.8 Å². The highest BCUT2D eigenvalue weighted by Crippen LogP contribution is 2.23. The minimum absolute atomic E-state index is 0.215. The zero-order valence-electron chi connectivity index (χ0n) is 13.9. The summed E-state index contributed by atoms with van der Waals surface area (Å²) in [5.74, 6) is -0.821. The Kier molecular flexibility index (Phi) is 5.05. The summed E-state index contributed by atoms with van der Waals surface area (Å²) in [7, 11) is 0. The van der Waals surface area contributed by atoms with Gasteiger partial charge in [0.25, 0.3) is 0 Å². The van der Waals surface area contributed by atoms with Crippen molar-refractivity contribution >= 4 is 23.1 Å². The Labute approximate surface area is 150 Å². The average molecular weight is 351 g/mol. The van der Waals surface area contributed by atoms with Crippen LogP contribution in [0.4, 0.5) is 0 Å². The third kappa shape index (κ3) is 4.00. The molecule has 3 aromatic rings. The van der Waals surface area contributed by atoms with Crippen molar-refractivity contribution in [1.82, 2.24) is 4.98 Å². The van der Waals surface area contributed by atoms with Crippen LogP contribution in [0.15, 0.2) is 60.0 Å². The molecule has 126 valence electrons. The minimum atomic E-state index is -0.864. The van der Waals surface area contributed by atoms with Gasteiger partial charge in [0.1, 0.15) is 5.01 Å². The number of Topliss-reactive ketones (excluding diaryl/α,β-unsaturated/α-hetero) is 1. The van der Waals surface area contributed by atoms with Crippen LogP contribution in [0.25, 0.3) is 10.6 Å². The van der Waals surface area contributed by atoms with Gasteiger partial charge in [0.15, 0.2) is 11.8 Å². The van der Waals surface area contributed by atoms with Gasteiger partial charge in [-0.3, -0.25) is 4.79 Å². The quantitative estimate of drug-likeness (QED) is 0.500. The second kappa shape index (κ2) is 7.40. The SMILES string of the molecule is Cc1ccc(C(=O)[C@@H](C)OC(=O)c2csc(-c3ccccc3)n2)cc1. The Bertz CT molecular complexity index is 885. The number of rotatable bonds is 5. The standard InChI is InChI=1S/C20H17NO3S/c1-13-8-10-15(11-9-13)18(22)14(2)24-20(23)17-12-25-19(21-17)16-6-4-3-5-7-16/h3-12,14H,1-2H3/t14-/m1/s1. The Morgan fingerprint density at radius 3 is 2.40 bits per heavy atom. The highest BCUT2D eigenvalue weighted by Gasteiger charge is 2.22. The zero-order valence-corrected chi connectivity index (χ0v) is 14.7. The van der Waals surface area contributed by atoms with E-state index in [-0.39, 0.29) is 11.5 Å². The molecule has 0 aliphatic rings. The van der Waals surface area contributed by atoms with Crippen LogP contribution in [0.3, 0.4) is 0 Å². The van der Waals surface area contributed by atoms with Crippen LogP contribution >= 0.6 is 11.3 Å². The van der Waals surface area contributed by atoms with Gasteiger partial charge in [-0.25, -0.2) is 9.78 Å². The number of hydrogen-bond donors (Lipinski definition) is 0. The molecule has 0 fully saturated rings. The Balaban J connectivity index is 1.68. The number of carbonyl (C=O) groups is 2. The predicted octanol–water partition coefficient (Wildman–Crippen LogP) is 4.55. The number of esters is 1. The molecular formula is C20H17NO3S. The smallest absolute Gasteiger partial charge is 0.358 e. The number of nitrogens with zero attached hydrogens (tertiary/aromatic N) is 1. The second-order valence-corrected chi connectivity index (χ2v) is 6.54. The fraction of sp³-hybridized carbons (Fsp3) is 0.150. The molecule has 0 saturated heterocycles. The second-order valence-electron chi connectivity index (χ2n) is 5.68. The summed E-state index contributed by atoms with van der Waals surface area (Å²) >= 11 is 1.37. The molecule has 4 nitrogen and oxygen atoms in total. The van der Waals surface area contributed by atoms with E-state index in [4.69, 9.17) is 4.74 Å². The average Bonchev–Trinajstić information content (AvgIpc) is 3.13. The maximum absolute atomic E-state index is 12.4. The van der Waals surface area contributed by atoms with E-state index >= 15 is 0 Å². The Morgan fingerprint density at radius 2 is 1.72 bits per heavy atom. The largest absolute Gasteiger partial charge is 0.450 e. The van der Waals surface area contributed by atoms with Gasteiger partial charge >= 0.3 is 5.97 Å². The molecule has 0 radical (unpaired) electrons. The molecule has 2 aromatic carbocycles. The van der Waals surface area contributed by atoms with E-state index in [2.05, 4.69) is 4.98 Å². The summed E-state index contributed by atoms with van der Waals surface area (Å²) in [6.07, 6.45) is -0.864. The first-order chi connectivity index (χ1) is 12.0. The van der Waals surface area contributed by atoms with Gasteiger partial charge < -0.3 is 4.74 Å². The lowest BCUT2D eigenvalue weighted by molar-refractivity contribution is 0.0314. The van der Waals surface area contributed by atoms with Crippen LogP contribution in [0.5, 0.6) is 0 Å². The maximum Gasteiger partial charge on any atom is 0.358 e. The van der Waals surface area contributed by atoms with Crippen molar-refractivity contribution in [2.75, 3.05) is 0 Å². The number of benzene rings is 2. The van der Waals surface area contributed by atoms with Crippen molar-refractivity contribution in [3.63, 3.8) is 0 Å². The number of carbonyl (C=O) groups excluding carboxylic acids is 2.